The highest BCUT2D eigenvalue weighted by Crippen LogP contribution is 2.31. The highest BCUT2D eigenvalue weighted by molar-refractivity contribution is 5.68. The lowest BCUT2D eigenvalue weighted by Crippen LogP contribution is -2.36. The zero-order valence-electron chi connectivity index (χ0n) is 13.3. The molecular weight excluding hydrogens is 276 g/mol. The third-order valence-corrected chi connectivity index (χ3v) is 3.52. The standard InChI is InChI=1S/C18H22N2O2/c1-18(2,3)22-17(21)20-16-8-4-7-14-12-13(6-5-11-19)9-10-15(14)16/h5-6,9-10,12,16H,4,7-8H2,1-3H3,(H,20,21)/b6-5+. The number of nitriles is 1. The number of alkyl carbamates (subject to hydrolysis) is 1. The normalized spacial score (nSPS) is 17.6. The fraction of sp³-hybridized carbons (Fsp3) is 0.444. The number of nitrogens with one attached hydrogen (secondary N) is 1. The summed E-state index contributed by atoms with van der Waals surface area (Å²) < 4.78 is 5.34. The molecule has 1 aromatic carbocycles. The summed E-state index contributed by atoms with van der Waals surface area (Å²) in [6.07, 6.45) is 5.83. The first-order valence-corrected chi connectivity index (χ1v) is 7.57. The van der Waals surface area contributed by atoms with E-state index in [1.807, 2.05) is 39.0 Å². The maximum absolute atomic E-state index is 12.0. The number of benzene rings is 1. The highest BCUT2D eigenvalue weighted by atomic mass is 16.6. The lowest BCUT2D eigenvalue weighted by Gasteiger charge is -2.28. The maximum Gasteiger partial charge on any atom is 0.408 e. The molecule has 0 spiro atoms. The quantitative estimate of drug-likeness (QED) is 0.835. The molecule has 1 amide bonds. The van der Waals surface area contributed by atoms with Crippen LogP contribution >= 0.6 is 0 Å². The molecular formula is C18H22N2O2. The molecule has 4 heteroatoms. The van der Waals surface area contributed by atoms with Crippen molar-refractivity contribution in [2.75, 3.05) is 0 Å². The smallest absolute Gasteiger partial charge is 0.408 e. The summed E-state index contributed by atoms with van der Waals surface area (Å²) in [5.74, 6) is 0. The first-order chi connectivity index (χ1) is 10.4. The first-order valence-electron chi connectivity index (χ1n) is 7.57. The summed E-state index contributed by atoms with van der Waals surface area (Å²) in [5, 5.41) is 11.6. The summed E-state index contributed by atoms with van der Waals surface area (Å²) in [6.45, 7) is 5.57. The van der Waals surface area contributed by atoms with E-state index in [0.717, 1.165) is 30.4 Å². The minimum atomic E-state index is -0.493. The SMILES string of the molecule is CC(C)(C)OC(=O)NC1CCCc2cc(/C=C/C#N)ccc21. The van der Waals surface area contributed by atoms with E-state index in [1.54, 1.807) is 6.08 Å². The van der Waals surface area contributed by atoms with Crippen molar-refractivity contribution >= 4 is 12.2 Å². The Hall–Kier alpha value is -2.28. The lowest BCUT2D eigenvalue weighted by molar-refractivity contribution is 0.0498. The molecule has 0 bridgehead atoms. The van der Waals surface area contributed by atoms with Crippen LogP contribution in [0.3, 0.4) is 0 Å². The first kappa shape index (κ1) is 16.1. The maximum atomic E-state index is 12.0. The average Bonchev–Trinajstić information content (AvgIpc) is 2.43. The van der Waals surface area contributed by atoms with Gasteiger partial charge in [0.25, 0.3) is 0 Å². The fourth-order valence-electron chi connectivity index (χ4n) is 2.67. The van der Waals surface area contributed by atoms with Crippen molar-refractivity contribution in [1.82, 2.24) is 5.32 Å². The van der Waals surface area contributed by atoms with Gasteiger partial charge < -0.3 is 10.1 Å². The second-order valence-electron chi connectivity index (χ2n) is 6.51. The van der Waals surface area contributed by atoms with Crippen LogP contribution in [0.15, 0.2) is 24.3 Å². The van der Waals surface area contributed by atoms with Crippen LogP contribution in [-0.4, -0.2) is 11.7 Å². The minimum Gasteiger partial charge on any atom is -0.444 e. The van der Waals surface area contributed by atoms with Crippen molar-refractivity contribution in [1.29, 1.82) is 5.26 Å². The number of rotatable bonds is 2. The Morgan fingerprint density at radius 2 is 2.23 bits per heavy atom. The number of aryl methyl sites for hydroxylation is 1. The Bertz CT molecular complexity index is 621. The molecule has 0 aliphatic heterocycles. The molecule has 2 rings (SSSR count). The van der Waals surface area contributed by atoms with Gasteiger partial charge in [-0.05, 0) is 62.8 Å². The number of carbonyl (C=O) groups excluding carboxylic acids is 1. The molecule has 1 unspecified atom stereocenters. The van der Waals surface area contributed by atoms with Crippen molar-refractivity contribution in [3.05, 3.63) is 41.0 Å². The van der Waals surface area contributed by atoms with Gasteiger partial charge in [0.1, 0.15) is 5.60 Å². The number of fused-ring (bicyclic) bond motifs is 1. The summed E-state index contributed by atoms with van der Waals surface area (Å²) in [4.78, 5) is 12.0. The van der Waals surface area contributed by atoms with E-state index in [-0.39, 0.29) is 12.1 Å². The van der Waals surface area contributed by atoms with Crippen molar-refractivity contribution in [3.8, 4) is 6.07 Å². The molecule has 116 valence electrons. The van der Waals surface area contributed by atoms with Crippen molar-refractivity contribution in [2.45, 2.75) is 51.7 Å². The third-order valence-electron chi connectivity index (χ3n) is 3.52. The van der Waals surface area contributed by atoms with E-state index in [2.05, 4.69) is 11.4 Å². The van der Waals surface area contributed by atoms with Crippen molar-refractivity contribution in [3.63, 3.8) is 0 Å². The number of carbonyl (C=O) groups is 1. The largest absolute Gasteiger partial charge is 0.444 e. The summed E-state index contributed by atoms with van der Waals surface area (Å²) in [7, 11) is 0. The van der Waals surface area contributed by atoms with Gasteiger partial charge in [0.2, 0.25) is 0 Å². The van der Waals surface area contributed by atoms with Crippen molar-refractivity contribution in [2.24, 2.45) is 0 Å². The van der Waals surface area contributed by atoms with Gasteiger partial charge >= 0.3 is 6.09 Å². The molecule has 0 heterocycles. The topological polar surface area (TPSA) is 62.1 Å². The van der Waals surface area contributed by atoms with Gasteiger partial charge in [-0.15, -0.1) is 0 Å². The number of allylic oxidation sites excluding steroid dienone is 1. The Balaban J connectivity index is 2.13. The highest BCUT2D eigenvalue weighted by Gasteiger charge is 2.24. The molecule has 22 heavy (non-hydrogen) atoms. The van der Waals surface area contributed by atoms with E-state index in [4.69, 9.17) is 10.00 Å². The second-order valence-corrected chi connectivity index (χ2v) is 6.51. The van der Waals surface area contributed by atoms with Gasteiger partial charge in [-0.1, -0.05) is 18.2 Å². The van der Waals surface area contributed by atoms with Gasteiger partial charge in [-0.25, -0.2) is 4.79 Å². The molecule has 0 radical (unpaired) electrons. The van der Waals surface area contributed by atoms with Crippen LogP contribution in [0.5, 0.6) is 0 Å². The second kappa shape index (κ2) is 6.65. The van der Waals surface area contributed by atoms with Crippen LogP contribution in [0.4, 0.5) is 4.79 Å². The number of ether oxygens (including phenoxy) is 1. The van der Waals surface area contributed by atoms with E-state index in [1.165, 1.54) is 11.6 Å². The minimum absolute atomic E-state index is 0.00686. The van der Waals surface area contributed by atoms with Crippen LogP contribution in [0.1, 0.15) is 56.3 Å². The van der Waals surface area contributed by atoms with Gasteiger partial charge in [0.15, 0.2) is 0 Å². The number of amides is 1. The average molecular weight is 298 g/mol. The van der Waals surface area contributed by atoms with E-state index < -0.39 is 5.60 Å². The van der Waals surface area contributed by atoms with E-state index >= 15 is 0 Å². The van der Waals surface area contributed by atoms with E-state index in [9.17, 15) is 4.79 Å². The monoisotopic (exact) mass is 298 g/mol. The Kier molecular flexibility index (Phi) is 4.87. The Morgan fingerprint density at radius 1 is 1.45 bits per heavy atom. The third kappa shape index (κ3) is 4.36. The van der Waals surface area contributed by atoms with Gasteiger partial charge in [-0.3, -0.25) is 0 Å². The number of nitrogens with zero attached hydrogens (tertiary/aromatic N) is 1. The summed E-state index contributed by atoms with van der Waals surface area (Å²) in [5.41, 5.74) is 2.89. The van der Waals surface area contributed by atoms with Gasteiger partial charge in [0.05, 0.1) is 12.1 Å². The Labute approximate surface area is 131 Å². The van der Waals surface area contributed by atoms with Crippen LogP contribution in [0.25, 0.3) is 6.08 Å². The molecule has 0 saturated carbocycles. The van der Waals surface area contributed by atoms with E-state index in [0.29, 0.717) is 0 Å². The summed E-state index contributed by atoms with van der Waals surface area (Å²) in [6, 6.07) is 8.09. The van der Waals surface area contributed by atoms with Crippen LogP contribution in [0.2, 0.25) is 0 Å². The van der Waals surface area contributed by atoms with Gasteiger partial charge in [0, 0.05) is 6.08 Å². The molecule has 0 fully saturated rings. The molecule has 0 saturated heterocycles. The van der Waals surface area contributed by atoms with Crippen LogP contribution in [-0.2, 0) is 11.2 Å². The number of hydrogen-bond acceptors (Lipinski definition) is 3. The zero-order chi connectivity index (χ0) is 16.2. The molecule has 1 aliphatic carbocycles. The molecule has 1 aromatic rings. The van der Waals surface area contributed by atoms with Crippen molar-refractivity contribution < 1.29 is 9.53 Å². The predicted octanol–water partition coefficient (Wildman–Crippen LogP) is 4.13. The molecule has 1 aliphatic rings. The number of hydrogen-bond donors (Lipinski definition) is 1. The molecule has 0 aromatic heterocycles. The zero-order valence-corrected chi connectivity index (χ0v) is 13.3. The summed E-state index contributed by atoms with van der Waals surface area (Å²) >= 11 is 0. The molecule has 4 nitrogen and oxygen atoms in total. The lowest BCUT2D eigenvalue weighted by atomic mass is 9.86. The molecule has 1 N–H and O–H groups in total. The molecule has 1 atom stereocenters. The van der Waals surface area contributed by atoms with Crippen LogP contribution < -0.4 is 5.32 Å². The van der Waals surface area contributed by atoms with Crippen LogP contribution in [0, 0.1) is 11.3 Å². The van der Waals surface area contributed by atoms with Gasteiger partial charge in [-0.2, -0.15) is 5.26 Å². The predicted molar refractivity (Wildman–Crippen MR) is 86.1 cm³/mol. The Morgan fingerprint density at radius 3 is 2.91 bits per heavy atom. The fourth-order valence-corrected chi connectivity index (χ4v) is 2.67.